The second kappa shape index (κ2) is 4.61. The molecule has 0 aromatic heterocycles. The maximum absolute atomic E-state index is 11.6. The number of fused-ring (bicyclic) bond motifs is 1. The van der Waals surface area contributed by atoms with Gasteiger partial charge >= 0.3 is 0 Å². The molecule has 0 amide bonds. The summed E-state index contributed by atoms with van der Waals surface area (Å²) in [5, 5.41) is 0. The Morgan fingerprint density at radius 1 is 1.18 bits per heavy atom. The highest BCUT2D eigenvalue weighted by Crippen LogP contribution is 2.35. The van der Waals surface area contributed by atoms with Crippen LogP contribution in [0.5, 0.6) is 0 Å². The summed E-state index contributed by atoms with van der Waals surface area (Å²) in [5.41, 5.74) is 1.37. The molecule has 1 saturated carbocycles. The average molecular weight is 229 g/mol. The molecule has 0 bridgehead atoms. The molecule has 90 valence electrons. The second-order valence-electron chi connectivity index (χ2n) is 5.37. The highest BCUT2D eigenvalue weighted by atomic mass is 16.1. The molecule has 1 saturated heterocycles. The molecule has 1 heterocycles. The fraction of sp³-hybridized carbons (Fsp3) is 0.533. The first kappa shape index (κ1) is 11.0. The van der Waals surface area contributed by atoms with Crippen LogP contribution < -0.4 is 0 Å². The van der Waals surface area contributed by atoms with Crippen LogP contribution in [0.2, 0.25) is 0 Å². The Kier molecular flexibility index (Phi) is 2.98. The van der Waals surface area contributed by atoms with Gasteiger partial charge in [-0.1, -0.05) is 30.3 Å². The normalized spacial score (nSPS) is 29.3. The van der Waals surface area contributed by atoms with E-state index in [4.69, 9.17) is 0 Å². The van der Waals surface area contributed by atoms with Crippen molar-refractivity contribution in [3.05, 3.63) is 35.9 Å². The fourth-order valence-electron chi connectivity index (χ4n) is 3.37. The van der Waals surface area contributed by atoms with Gasteiger partial charge in [-0.15, -0.1) is 0 Å². The first-order valence-electron chi connectivity index (χ1n) is 6.62. The SMILES string of the molecule is O=C1CC2CCCN(Cc3ccccc3)C2C1. The van der Waals surface area contributed by atoms with Gasteiger partial charge in [-0.3, -0.25) is 9.69 Å². The summed E-state index contributed by atoms with van der Waals surface area (Å²) in [4.78, 5) is 14.1. The molecule has 1 aliphatic carbocycles. The Labute approximate surface area is 103 Å². The third-order valence-electron chi connectivity index (χ3n) is 4.19. The smallest absolute Gasteiger partial charge is 0.134 e. The molecule has 1 aromatic carbocycles. The number of Topliss-reactive ketones (excluding diaryl/α,β-unsaturated/α-hetero) is 1. The van der Waals surface area contributed by atoms with Gasteiger partial charge in [-0.05, 0) is 30.9 Å². The lowest BCUT2D eigenvalue weighted by atomic mass is 9.91. The van der Waals surface area contributed by atoms with Crippen LogP contribution in [-0.4, -0.2) is 23.3 Å². The molecule has 2 aliphatic rings. The van der Waals surface area contributed by atoms with Gasteiger partial charge < -0.3 is 0 Å². The van der Waals surface area contributed by atoms with Gasteiger partial charge in [0, 0.05) is 25.4 Å². The number of benzene rings is 1. The number of hydrogen-bond donors (Lipinski definition) is 0. The summed E-state index contributed by atoms with van der Waals surface area (Å²) < 4.78 is 0. The van der Waals surface area contributed by atoms with Gasteiger partial charge in [-0.25, -0.2) is 0 Å². The van der Waals surface area contributed by atoms with E-state index in [9.17, 15) is 4.79 Å². The van der Waals surface area contributed by atoms with Crippen LogP contribution in [0.3, 0.4) is 0 Å². The fourth-order valence-corrected chi connectivity index (χ4v) is 3.37. The van der Waals surface area contributed by atoms with Crippen LogP contribution >= 0.6 is 0 Å². The van der Waals surface area contributed by atoms with E-state index in [-0.39, 0.29) is 0 Å². The Morgan fingerprint density at radius 3 is 2.82 bits per heavy atom. The van der Waals surface area contributed by atoms with E-state index in [1.54, 1.807) is 0 Å². The van der Waals surface area contributed by atoms with Crippen molar-refractivity contribution in [2.24, 2.45) is 5.92 Å². The van der Waals surface area contributed by atoms with Crippen LogP contribution in [0.4, 0.5) is 0 Å². The Morgan fingerprint density at radius 2 is 2.00 bits per heavy atom. The summed E-state index contributed by atoms with van der Waals surface area (Å²) in [6.45, 7) is 2.17. The van der Waals surface area contributed by atoms with E-state index < -0.39 is 0 Å². The zero-order valence-electron chi connectivity index (χ0n) is 10.1. The van der Waals surface area contributed by atoms with Crippen LogP contribution in [0.15, 0.2) is 30.3 Å². The third kappa shape index (κ3) is 2.27. The van der Waals surface area contributed by atoms with Crippen molar-refractivity contribution < 1.29 is 4.79 Å². The van der Waals surface area contributed by atoms with E-state index in [0.29, 0.717) is 17.7 Å². The monoisotopic (exact) mass is 229 g/mol. The minimum Gasteiger partial charge on any atom is -0.300 e. The average Bonchev–Trinajstić information content (AvgIpc) is 2.72. The van der Waals surface area contributed by atoms with Gasteiger partial charge in [0.15, 0.2) is 0 Å². The molecule has 17 heavy (non-hydrogen) atoms. The van der Waals surface area contributed by atoms with Crippen LogP contribution in [0, 0.1) is 5.92 Å². The summed E-state index contributed by atoms with van der Waals surface area (Å²) in [7, 11) is 0. The highest BCUT2D eigenvalue weighted by Gasteiger charge is 2.38. The second-order valence-corrected chi connectivity index (χ2v) is 5.37. The van der Waals surface area contributed by atoms with Gasteiger partial charge in [0.05, 0.1) is 0 Å². The van der Waals surface area contributed by atoms with Crippen LogP contribution in [0.25, 0.3) is 0 Å². The number of ketones is 1. The molecule has 1 aliphatic heterocycles. The topological polar surface area (TPSA) is 20.3 Å². The van der Waals surface area contributed by atoms with Crippen LogP contribution in [-0.2, 0) is 11.3 Å². The molecule has 2 nitrogen and oxygen atoms in total. The summed E-state index contributed by atoms with van der Waals surface area (Å²) in [6.07, 6.45) is 4.12. The zero-order chi connectivity index (χ0) is 11.7. The Balaban J connectivity index is 1.72. The zero-order valence-corrected chi connectivity index (χ0v) is 10.1. The van der Waals surface area contributed by atoms with Gasteiger partial charge in [0.25, 0.3) is 0 Å². The molecule has 2 unspecified atom stereocenters. The van der Waals surface area contributed by atoms with Crippen molar-refractivity contribution in [1.29, 1.82) is 0 Å². The molecule has 2 heteroatoms. The predicted octanol–water partition coefficient (Wildman–Crippen LogP) is 2.63. The summed E-state index contributed by atoms with van der Waals surface area (Å²) in [6, 6.07) is 11.1. The number of carbonyl (C=O) groups excluding carboxylic acids is 1. The molecule has 0 N–H and O–H groups in total. The molecule has 1 aromatic rings. The lowest BCUT2D eigenvalue weighted by Crippen LogP contribution is -2.41. The van der Waals surface area contributed by atoms with Crippen molar-refractivity contribution in [3.63, 3.8) is 0 Å². The standard InChI is InChI=1S/C15H19NO/c17-14-9-13-7-4-8-16(15(13)10-14)11-12-5-2-1-3-6-12/h1-3,5-6,13,15H,4,7-11H2. The molecule has 2 fully saturated rings. The van der Waals surface area contributed by atoms with E-state index in [1.807, 2.05) is 0 Å². The first-order chi connectivity index (χ1) is 8.33. The minimum atomic E-state index is 0.472. The van der Waals surface area contributed by atoms with Crippen molar-refractivity contribution in [2.45, 2.75) is 38.3 Å². The molecule has 2 atom stereocenters. The molecule has 0 spiro atoms. The summed E-state index contributed by atoms with van der Waals surface area (Å²) in [5.74, 6) is 1.11. The van der Waals surface area contributed by atoms with Gasteiger partial charge in [0.2, 0.25) is 0 Å². The van der Waals surface area contributed by atoms with Gasteiger partial charge in [0.1, 0.15) is 5.78 Å². The van der Waals surface area contributed by atoms with Crippen molar-refractivity contribution in [1.82, 2.24) is 4.90 Å². The predicted molar refractivity (Wildman–Crippen MR) is 67.6 cm³/mol. The van der Waals surface area contributed by atoms with E-state index in [0.717, 1.165) is 25.9 Å². The number of likely N-dealkylation sites (tertiary alicyclic amines) is 1. The summed E-state index contributed by atoms with van der Waals surface area (Å²) >= 11 is 0. The van der Waals surface area contributed by atoms with Crippen molar-refractivity contribution in [2.75, 3.05) is 6.54 Å². The van der Waals surface area contributed by atoms with Crippen molar-refractivity contribution in [3.8, 4) is 0 Å². The lowest BCUT2D eigenvalue weighted by Gasteiger charge is -2.37. The van der Waals surface area contributed by atoms with Gasteiger partial charge in [-0.2, -0.15) is 0 Å². The largest absolute Gasteiger partial charge is 0.300 e. The number of nitrogens with zero attached hydrogens (tertiary/aromatic N) is 1. The number of carbonyl (C=O) groups is 1. The maximum Gasteiger partial charge on any atom is 0.134 e. The number of hydrogen-bond acceptors (Lipinski definition) is 2. The van der Waals surface area contributed by atoms with Crippen molar-refractivity contribution >= 4 is 5.78 Å². The van der Waals surface area contributed by atoms with E-state index in [2.05, 4.69) is 35.2 Å². The molecule has 0 radical (unpaired) electrons. The highest BCUT2D eigenvalue weighted by molar-refractivity contribution is 5.81. The molecule has 3 rings (SSSR count). The Bertz CT molecular complexity index is 401. The number of rotatable bonds is 2. The minimum absolute atomic E-state index is 0.472. The van der Waals surface area contributed by atoms with E-state index >= 15 is 0 Å². The quantitative estimate of drug-likeness (QED) is 0.777. The van der Waals surface area contributed by atoms with Crippen LogP contribution in [0.1, 0.15) is 31.2 Å². The van der Waals surface area contributed by atoms with E-state index in [1.165, 1.54) is 18.4 Å². The Hall–Kier alpha value is -1.15. The number of piperidine rings is 1. The molecular weight excluding hydrogens is 210 g/mol. The molecular formula is C15H19NO. The maximum atomic E-state index is 11.6. The third-order valence-corrected chi connectivity index (χ3v) is 4.19. The first-order valence-corrected chi connectivity index (χ1v) is 6.62. The lowest BCUT2D eigenvalue weighted by molar-refractivity contribution is -0.117.